The minimum absolute atomic E-state index is 0. The number of halogens is 1. The first-order chi connectivity index (χ1) is 10.3. The van der Waals surface area contributed by atoms with E-state index in [1.54, 1.807) is 12.4 Å². The molecule has 118 valence electrons. The lowest BCUT2D eigenvalue weighted by molar-refractivity contribution is -0.130. The highest BCUT2D eigenvalue weighted by molar-refractivity contribution is 5.85. The molecule has 0 spiro atoms. The van der Waals surface area contributed by atoms with Gasteiger partial charge in [-0.25, -0.2) is 0 Å². The highest BCUT2D eigenvalue weighted by Crippen LogP contribution is 2.05. The average Bonchev–Trinajstić information content (AvgIpc) is 2.53. The van der Waals surface area contributed by atoms with Crippen LogP contribution in [0.3, 0.4) is 0 Å². The second-order valence-electron chi connectivity index (χ2n) is 4.94. The van der Waals surface area contributed by atoms with E-state index in [4.69, 9.17) is 5.73 Å². The second kappa shape index (κ2) is 9.92. The van der Waals surface area contributed by atoms with E-state index in [1.807, 2.05) is 35.2 Å². The Balaban J connectivity index is 0.00000242. The van der Waals surface area contributed by atoms with E-state index in [2.05, 4.69) is 17.1 Å². The van der Waals surface area contributed by atoms with Crippen molar-refractivity contribution in [3.63, 3.8) is 0 Å². The van der Waals surface area contributed by atoms with E-state index in [9.17, 15) is 4.79 Å². The molecule has 2 aromatic rings. The molecular formula is C17H22ClN3O. The Labute approximate surface area is 137 Å². The van der Waals surface area contributed by atoms with Crippen LogP contribution in [0.1, 0.15) is 11.1 Å². The lowest BCUT2D eigenvalue weighted by Gasteiger charge is -2.22. The number of hydrogen-bond donors (Lipinski definition) is 1. The summed E-state index contributed by atoms with van der Waals surface area (Å²) in [5.41, 5.74) is 7.79. The van der Waals surface area contributed by atoms with E-state index in [1.165, 1.54) is 5.56 Å². The van der Waals surface area contributed by atoms with Crippen molar-refractivity contribution < 1.29 is 4.79 Å². The van der Waals surface area contributed by atoms with Crippen molar-refractivity contribution in [2.75, 3.05) is 19.6 Å². The molecule has 4 nitrogen and oxygen atoms in total. The van der Waals surface area contributed by atoms with Crippen LogP contribution in [-0.2, 0) is 17.6 Å². The fourth-order valence-electron chi connectivity index (χ4n) is 2.21. The number of benzene rings is 1. The summed E-state index contributed by atoms with van der Waals surface area (Å²) in [7, 11) is 0. The quantitative estimate of drug-likeness (QED) is 0.850. The molecule has 1 amide bonds. The number of aromatic nitrogens is 1. The molecule has 1 aromatic heterocycles. The van der Waals surface area contributed by atoms with E-state index < -0.39 is 0 Å². The van der Waals surface area contributed by atoms with Crippen LogP contribution in [-0.4, -0.2) is 35.4 Å². The molecule has 0 radical (unpaired) electrons. The van der Waals surface area contributed by atoms with Gasteiger partial charge in [-0.15, -0.1) is 12.4 Å². The maximum atomic E-state index is 12.4. The Morgan fingerprint density at radius 2 is 1.77 bits per heavy atom. The highest BCUT2D eigenvalue weighted by atomic mass is 35.5. The van der Waals surface area contributed by atoms with Crippen LogP contribution in [0, 0.1) is 0 Å². The van der Waals surface area contributed by atoms with Gasteiger partial charge in [0.15, 0.2) is 0 Å². The first-order valence-corrected chi connectivity index (χ1v) is 7.20. The third-order valence-electron chi connectivity index (χ3n) is 3.34. The summed E-state index contributed by atoms with van der Waals surface area (Å²) in [6.07, 6.45) is 4.67. The van der Waals surface area contributed by atoms with Gasteiger partial charge in [-0.05, 0) is 23.6 Å². The fourth-order valence-corrected chi connectivity index (χ4v) is 2.21. The molecule has 0 atom stereocenters. The fraction of sp³-hybridized carbons (Fsp3) is 0.294. The van der Waals surface area contributed by atoms with Gasteiger partial charge in [0.25, 0.3) is 0 Å². The van der Waals surface area contributed by atoms with Crippen molar-refractivity contribution >= 4 is 18.3 Å². The summed E-state index contributed by atoms with van der Waals surface area (Å²) in [5, 5.41) is 0. The van der Waals surface area contributed by atoms with Crippen molar-refractivity contribution in [3.05, 3.63) is 66.0 Å². The van der Waals surface area contributed by atoms with Crippen LogP contribution < -0.4 is 5.73 Å². The van der Waals surface area contributed by atoms with Gasteiger partial charge in [-0.2, -0.15) is 0 Å². The van der Waals surface area contributed by atoms with Gasteiger partial charge in [0.05, 0.1) is 6.42 Å². The van der Waals surface area contributed by atoms with Crippen LogP contribution in [0.15, 0.2) is 54.9 Å². The zero-order valence-electron chi connectivity index (χ0n) is 12.5. The smallest absolute Gasteiger partial charge is 0.227 e. The average molecular weight is 320 g/mol. The van der Waals surface area contributed by atoms with Gasteiger partial charge in [-0.3, -0.25) is 9.78 Å². The molecule has 0 aliphatic rings. The minimum Gasteiger partial charge on any atom is -0.341 e. The van der Waals surface area contributed by atoms with Crippen LogP contribution in [0.5, 0.6) is 0 Å². The van der Waals surface area contributed by atoms with E-state index in [0.29, 0.717) is 26.1 Å². The largest absolute Gasteiger partial charge is 0.341 e. The molecular weight excluding hydrogens is 298 g/mol. The normalized spacial score (nSPS) is 9.86. The Hall–Kier alpha value is -1.91. The van der Waals surface area contributed by atoms with E-state index >= 15 is 0 Å². The Morgan fingerprint density at radius 3 is 2.41 bits per heavy atom. The maximum absolute atomic E-state index is 12.4. The number of pyridine rings is 1. The van der Waals surface area contributed by atoms with E-state index in [0.717, 1.165) is 12.0 Å². The van der Waals surface area contributed by atoms with Crippen molar-refractivity contribution in [1.82, 2.24) is 9.88 Å². The molecule has 0 aliphatic carbocycles. The van der Waals surface area contributed by atoms with Gasteiger partial charge in [0.1, 0.15) is 0 Å². The predicted molar refractivity (Wildman–Crippen MR) is 91.0 cm³/mol. The number of carbonyl (C=O) groups excluding carboxylic acids is 1. The summed E-state index contributed by atoms with van der Waals surface area (Å²) in [4.78, 5) is 18.2. The molecule has 0 fully saturated rings. The SMILES string of the molecule is Cl.NCCN(CCc1ccccc1)C(=O)Cc1cccnc1. The number of hydrogen-bond acceptors (Lipinski definition) is 3. The molecule has 0 saturated heterocycles. The molecule has 1 aromatic carbocycles. The van der Waals surface area contributed by atoms with Crippen LogP contribution in [0.2, 0.25) is 0 Å². The summed E-state index contributed by atoms with van der Waals surface area (Å²) in [5.74, 6) is 0.101. The topological polar surface area (TPSA) is 59.2 Å². The van der Waals surface area contributed by atoms with Gasteiger partial charge in [-0.1, -0.05) is 36.4 Å². The Morgan fingerprint density at radius 1 is 1.05 bits per heavy atom. The molecule has 1 heterocycles. The number of nitrogens with zero attached hydrogens (tertiary/aromatic N) is 2. The first-order valence-electron chi connectivity index (χ1n) is 7.20. The molecule has 0 bridgehead atoms. The second-order valence-corrected chi connectivity index (χ2v) is 4.94. The van der Waals surface area contributed by atoms with Gasteiger partial charge in [0, 0.05) is 32.0 Å². The van der Waals surface area contributed by atoms with Crippen molar-refractivity contribution in [1.29, 1.82) is 0 Å². The molecule has 5 heteroatoms. The van der Waals surface area contributed by atoms with Crippen LogP contribution in [0.25, 0.3) is 0 Å². The summed E-state index contributed by atoms with van der Waals surface area (Å²) in [6.45, 7) is 1.76. The van der Waals surface area contributed by atoms with E-state index in [-0.39, 0.29) is 18.3 Å². The van der Waals surface area contributed by atoms with Gasteiger partial charge in [0.2, 0.25) is 5.91 Å². The van der Waals surface area contributed by atoms with Gasteiger partial charge >= 0.3 is 0 Å². The minimum atomic E-state index is 0. The molecule has 2 rings (SSSR count). The lowest BCUT2D eigenvalue weighted by atomic mass is 10.1. The third-order valence-corrected chi connectivity index (χ3v) is 3.34. The summed E-state index contributed by atoms with van der Waals surface area (Å²) in [6, 6.07) is 13.9. The summed E-state index contributed by atoms with van der Waals surface area (Å²) < 4.78 is 0. The molecule has 22 heavy (non-hydrogen) atoms. The highest BCUT2D eigenvalue weighted by Gasteiger charge is 2.13. The molecule has 0 saturated carbocycles. The molecule has 0 unspecified atom stereocenters. The first kappa shape index (κ1) is 18.1. The monoisotopic (exact) mass is 319 g/mol. The summed E-state index contributed by atoms with van der Waals surface area (Å²) >= 11 is 0. The van der Waals surface area contributed by atoms with Crippen LogP contribution in [0.4, 0.5) is 0 Å². The number of carbonyl (C=O) groups is 1. The number of rotatable bonds is 7. The Bertz CT molecular complexity index is 548. The van der Waals surface area contributed by atoms with Crippen LogP contribution >= 0.6 is 12.4 Å². The Kier molecular flexibility index (Phi) is 8.18. The van der Waals surface area contributed by atoms with Crippen molar-refractivity contribution in [2.24, 2.45) is 5.73 Å². The predicted octanol–water partition coefficient (Wildman–Crippen LogP) is 2.08. The third kappa shape index (κ3) is 5.84. The lowest BCUT2D eigenvalue weighted by Crippen LogP contribution is -2.37. The maximum Gasteiger partial charge on any atom is 0.227 e. The van der Waals surface area contributed by atoms with Crippen molar-refractivity contribution in [3.8, 4) is 0 Å². The number of amides is 1. The van der Waals surface area contributed by atoms with Crippen molar-refractivity contribution in [2.45, 2.75) is 12.8 Å². The number of nitrogens with two attached hydrogens (primary N) is 1. The molecule has 0 aliphatic heterocycles. The molecule has 2 N–H and O–H groups in total. The zero-order valence-corrected chi connectivity index (χ0v) is 13.3. The standard InChI is InChI=1S/C17H21N3O.ClH/c18-9-12-20(11-8-15-5-2-1-3-6-15)17(21)13-16-7-4-10-19-14-16;/h1-7,10,14H,8-9,11-13,18H2;1H. The van der Waals surface area contributed by atoms with Gasteiger partial charge < -0.3 is 10.6 Å². The zero-order chi connectivity index (χ0) is 14.9.